The number of fused-ring (bicyclic) bond motifs is 3. The number of hydrogen-bond acceptors (Lipinski definition) is 7. The van der Waals surface area contributed by atoms with E-state index in [0.29, 0.717) is 36.8 Å². The Hall–Kier alpha value is -3.07. The highest BCUT2D eigenvalue weighted by atomic mass is 16.5. The zero-order valence-electron chi connectivity index (χ0n) is 18.0. The number of amides is 1. The van der Waals surface area contributed by atoms with E-state index in [1.165, 1.54) is 0 Å². The first-order valence-corrected chi connectivity index (χ1v) is 10.5. The highest BCUT2D eigenvalue weighted by molar-refractivity contribution is 6.04. The fraction of sp³-hybridized carbons (Fsp3) is 0.500. The third kappa shape index (κ3) is 2.76. The van der Waals surface area contributed by atoms with Gasteiger partial charge in [-0.05, 0) is 38.5 Å². The Balaban J connectivity index is 1.52. The van der Waals surface area contributed by atoms with Crippen molar-refractivity contribution in [2.75, 3.05) is 25.1 Å². The van der Waals surface area contributed by atoms with E-state index in [1.807, 2.05) is 32.0 Å². The second-order valence-corrected chi connectivity index (χ2v) is 8.94. The molecule has 9 nitrogen and oxygen atoms in total. The van der Waals surface area contributed by atoms with E-state index < -0.39 is 16.6 Å². The average molecular weight is 425 g/mol. The van der Waals surface area contributed by atoms with Gasteiger partial charge in [0.25, 0.3) is 11.9 Å². The molecule has 9 heteroatoms. The van der Waals surface area contributed by atoms with Crippen molar-refractivity contribution in [2.45, 2.75) is 44.9 Å². The molecule has 0 radical (unpaired) electrons. The van der Waals surface area contributed by atoms with E-state index in [0.717, 1.165) is 18.5 Å². The largest absolute Gasteiger partial charge is 0.487 e. The topological polar surface area (TPSA) is 113 Å². The lowest BCUT2D eigenvalue weighted by Gasteiger charge is -2.61. The minimum atomic E-state index is -0.737. The maximum atomic E-state index is 12.8. The molecule has 1 fully saturated rings. The first-order chi connectivity index (χ1) is 14.8. The van der Waals surface area contributed by atoms with Crippen LogP contribution < -0.4 is 15.8 Å². The van der Waals surface area contributed by atoms with Gasteiger partial charge >= 0.3 is 0 Å². The lowest BCUT2D eigenvalue weighted by molar-refractivity contribution is -0.247. The van der Waals surface area contributed by atoms with Crippen LogP contribution in [0.15, 0.2) is 35.6 Å². The van der Waals surface area contributed by atoms with Crippen LogP contribution in [0.5, 0.6) is 5.75 Å². The zero-order chi connectivity index (χ0) is 21.9. The second-order valence-electron chi connectivity index (χ2n) is 8.94. The highest BCUT2D eigenvalue weighted by Crippen LogP contribution is 2.62. The van der Waals surface area contributed by atoms with Crippen LogP contribution in [-0.2, 0) is 21.6 Å². The first-order valence-electron chi connectivity index (χ1n) is 10.5. The van der Waals surface area contributed by atoms with Gasteiger partial charge in [-0.25, -0.2) is 4.99 Å². The molecule has 2 spiro atoms. The fourth-order valence-corrected chi connectivity index (χ4v) is 4.89. The van der Waals surface area contributed by atoms with E-state index in [9.17, 15) is 4.79 Å². The average Bonchev–Trinajstić information content (AvgIpc) is 3.29. The van der Waals surface area contributed by atoms with Crippen LogP contribution in [0.4, 0.5) is 5.69 Å². The van der Waals surface area contributed by atoms with E-state index in [2.05, 4.69) is 17.3 Å². The molecule has 1 aromatic heterocycles. The van der Waals surface area contributed by atoms with Crippen molar-refractivity contribution >= 4 is 17.6 Å². The molecule has 0 saturated carbocycles. The maximum absolute atomic E-state index is 12.8. The zero-order valence-corrected chi connectivity index (χ0v) is 18.0. The summed E-state index contributed by atoms with van der Waals surface area (Å²) >= 11 is 0. The minimum absolute atomic E-state index is 0.160. The first kappa shape index (κ1) is 19.9. The number of aryl methyl sites for hydroxylation is 1. The van der Waals surface area contributed by atoms with Gasteiger partial charge in [-0.3, -0.25) is 9.48 Å². The molecule has 1 atom stereocenters. The standard InChI is InChI=1S/C22H27N5O4/c1-4-7-27-10-14(9-24-27)18(28)25-15-5-6-17-16(8-15)22(13-30-19(23)26-22)21(11-29-12-21)20(2,3)31-17/h5-6,8-10H,4,7,11-13H2,1-3H3,(H2,23,26)(H,25,28). The van der Waals surface area contributed by atoms with Crippen LogP contribution >= 0.6 is 0 Å². The van der Waals surface area contributed by atoms with Crippen LogP contribution in [0.2, 0.25) is 0 Å². The van der Waals surface area contributed by atoms with Crippen LogP contribution in [0, 0.1) is 5.41 Å². The number of aromatic nitrogens is 2. The molecule has 164 valence electrons. The van der Waals surface area contributed by atoms with Crippen molar-refractivity contribution in [2.24, 2.45) is 16.1 Å². The molecule has 1 saturated heterocycles. The second kappa shape index (κ2) is 6.71. The van der Waals surface area contributed by atoms with Crippen molar-refractivity contribution in [1.82, 2.24) is 9.78 Å². The van der Waals surface area contributed by atoms with E-state index in [4.69, 9.17) is 24.9 Å². The van der Waals surface area contributed by atoms with E-state index in [-0.39, 0.29) is 11.9 Å². The summed E-state index contributed by atoms with van der Waals surface area (Å²) in [5, 5.41) is 7.20. The van der Waals surface area contributed by atoms with Crippen LogP contribution in [0.1, 0.15) is 43.1 Å². The number of aliphatic imine (C=N–C) groups is 1. The number of nitrogens with zero attached hydrogens (tertiary/aromatic N) is 3. The number of rotatable bonds is 4. The molecule has 5 rings (SSSR count). The summed E-state index contributed by atoms with van der Waals surface area (Å²) in [5.41, 5.74) is 6.28. The van der Waals surface area contributed by atoms with Gasteiger partial charge in [0.2, 0.25) is 0 Å². The highest BCUT2D eigenvalue weighted by Gasteiger charge is 2.71. The Bertz CT molecular complexity index is 1070. The minimum Gasteiger partial charge on any atom is -0.487 e. The molecule has 3 aliphatic heterocycles. The fourth-order valence-electron chi connectivity index (χ4n) is 4.89. The number of ether oxygens (including phenoxy) is 3. The van der Waals surface area contributed by atoms with Gasteiger partial charge in [-0.1, -0.05) is 6.92 Å². The SMILES string of the molecule is CCCn1cc(C(=O)Nc2ccc3c(c2)C2(COC(N)=N2)C2(COC2)C(C)(C)O3)cn1. The Morgan fingerprint density at radius 2 is 2.10 bits per heavy atom. The number of amidine groups is 1. The van der Waals surface area contributed by atoms with Gasteiger partial charge in [-0.15, -0.1) is 0 Å². The van der Waals surface area contributed by atoms with Crippen LogP contribution in [0.3, 0.4) is 0 Å². The Morgan fingerprint density at radius 1 is 1.29 bits per heavy atom. The van der Waals surface area contributed by atoms with Crippen molar-refractivity contribution in [3.8, 4) is 5.75 Å². The van der Waals surface area contributed by atoms with Crippen molar-refractivity contribution < 1.29 is 19.0 Å². The van der Waals surface area contributed by atoms with Crippen LogP contribution in [-0.4, -0.2) is 47.1 Å². The van der Waals surface area contributed by atoms with Crippen molar-refractivity contribution in [1.29, 1.82) is 0 Å². The summed E-state index contributed by atoms with van der Waals surface area (Å²) in [6, 6.07) is 5.76. The summed E-state index contributed by atoms with van der Waals surface area (Å²) in [5.74, 6) is 0.485. The number of hydrogen-bond donors (Lipinski definition) is 2. The predicted molar refractivity (Wildman–Crippen MR) is 114 cm³/mol. The molecule has 3 N–H and O–H groups in total. The third-order valence-corrected chi connectivity index (χ3v) is 6.77. The Labute approximate surface area is 180 Å². The quantitative estimate of drug-likeness (QED) is 0.777. The summed E-state index contributed by atoms with van der Waals surface area (Å²) in [6.07, 6.45) is 4.27. The molecule has 1 aromatic carbocycles. The van der Waals surface area contributed by atoms with E-state index in [1.54, 1.807) is 17.1 Å². The van der Waals surface area contributed by atoms with Crippen molar-refractivity contribution in [3.05, 3.63) is 41.7 Å². The molecule has 31 heavy (non-hydrogen) atoms. The van der Waals surface area contributed by atoms with Gasteiger partial charge < -0.3 is 25.3 Å². The number of nitrogens with one attached hydrogen (secondary N) is 1. The summed E-state index contributed by atoms with van der Waals surface area (Å²) < 4.78 is 19.5. The molecule has 1 amide bonds. The van der Waals surface area contributed by atoms with Gasteiger partial charge in [0, 0.05) is 24.0 Å². The number of nitrogens with two attached hydrogens (primary N) is 1. The van der Waals surface area contributed by atoms with Gasteiger partial charge in [0.15, 0.2) is 0 Å². The molecule has 4 heterocycles. The van der Waals surface area contributed by atoms with E-state index >= 15 is 0 Å². The van der Waals surface area contributed by atoms with Crippen LogP contribution in [0.25, 0.3) is 0 Å². The Morgan fingerprint density at radius 3 is 2.74 bits per heavy atom. The normalized spacial score (nSPS) is 24.7. The molecule has 2 aromatic rings. The maximum Gasteiger partial charge on any atom is 0.283 e. The monoisotopic (exact) mass is 425 g/mol. The Kier molecular flexibility index (Phi) is 4.30. The molecule has 3 aliphatic rings. The molecule has 0 bridgehead atoms. The predicted octanol–water partition coefficient (Wildman–Crippen LogP) is 2.27. The van der Waals surface area contributed by atoms with Gasteiger partial charge in [-0.2, -0.15) is 5.10 Å². The molecule has 0 aliphatic carbocycles. The van der Waals surface area contributed by atoms with Crippen molar-refractivity contribution in [3.63, 3.8) is 0 Å². The number of carbonyl (C=O) groups excluding carboxylic acids is 1. The molecular weight excluding hydrogens is 398 g/mol. The summed E-state index contributed by atoms with van der Waals surface area (Å²) in [7, 11) is 0. The third-order valence-electron chi connectivity index (χ3n) is 6.77. The number of benzene rings is 1. The number of anilines is 1. The summed E-state index contributed by atoms with van der Waals surface area (Å²) in [6.45, 7) is 8.23. The van der Waals surface area contributed by atoms with Gasteiger partial charge in [0.1, 0.15) is 23.5 Å². The smallest absolute Gasteiger partial charge is 0.283 e. The lowest BCUT2D eigenvalue weighted by atomic mass is 9.55. The molecular formula is C22H27N5O4. The lowest BCUT2D eigenvalue weighted by Crippen LogP contribution is -2.71. The summed E-state index contributed by atoms with van der Waals surface area (Å²) in [4.78, 5) is 17.6. The number of carbonyl (C=O) groups is 1. The molecule has 1 unspecified atom stereocenters. The van der Waals surface area contributed by atoms with Gasteiger partial charge in [0.05, 0.1) is 30.4 Å².